The number of aromatic nitrogens is 1. The van der Waals surface area contributed by atoms with Gasteiger partial charge in [0.25, 0.3) is 0 Å². The van der Waals surface area contributed by atoms with Crippen LogP contribution in [0, 0.1) is 5.92 Å². The van der Waals surface area contributed by atoms with Gasteiger partial charge >= 0.3 is 35.8 Å². The number of hydrogen-bond donors (Lipinski definition) is 10. The number of pyridine rings is 1. The summed E-state index contributed by atoms with van der Waals surface area (Å²) in [4.78, 5) is 77.3. The minimum atomic E-state index is -2.74. The summed E-state index contributed by atoms with van der Waals surface area (Å²) in [5.74, 6) is -10.1. The number of rotatable bonds is 16. The highest BCUT2D eigenvalue weighted by atomic mass is 35.5. The number of fused-ring (bicyclic) bond motifs is 2. The van der Waals surface area contributed by atoms with E-state index in [0.717, 1.165) is 68.2 Å². The molecule has 1 saturated carbocycles. The summed E-state index contributed by atoms with van der Waals surface area (Å²) in [5.41, 5.74) is -2.41. The molecule has 0 bridgehead atoms. The number of aliphatic carboxylic acids is 6. The van der Waals surface area contributed by atoms with Crippen LogP contribution >= 0.6 is 11.6 Å². The second-order valence-corrected chi connectivity index (χ2v) is 15.9. The molecule has 3 aliphatic rings. The van der Waals surface area contributed by atoms with Gasteiger partial charge in [-0.2, -0.15) is 0 Å². The zero-order valence-electron chi connectivity index (χ0n) is 33.3. The van der Waals surface area contributed by atoms with E-state index in [2.05, 4.69) is 42.5 Å². The van der Waals surface area contributed by atoms with Gasteiger partial charge in [0.2, 0.25) is 5.79 Å². The van der Waals surface area contributed by atoms with Crippen LogP contribution in [0.15, 0.2) is 42.1 Å². The zero-order valence-corrected chi connectivity index (χ0v) is 34.0. The average molecular weight is 870 g/mol. The predicted octanol–water partition coefficient (Wildman–Crippen LogP) is 3.51. The minimum Gasteiger partial charge on any atom is -0.481 e. The van der Waals surface area contributed by atoms with E-state index in [1.165, 1.54) is 5.57 Å². The summed E-state index contributed by atoms with van der Waals surface area (Å²) in [5, 5.41) is 76.6. The zero-order chi connectivity index (χ0) is 45.1. The summed E-state index contributed by atoms with van der Waals surface area (Å²) in [6.45, 7) is 8.34. The van der Waals surface area contributed by atoms with E-state index in [0.29, 0.717) is 17.0 Å². The fraction of sp³-hybridized carbons (Fsp3) is 0.564. The van der Waals surface area contributed by atoms with Crippen molar-refractivity contribution in [3.63, 3.8) is 0 Å². The highest BCUT2D eigenvalue weighted by Gasteiger charge is 2.52. The average Bonchev–Trinajstić information content (AvgIpc) is 3.13. The largest absolute Gasteiger partial charge is 0.481 e. The van der Waals surface area contributed by atoms with E-state index in [-0.39, 0.29) is 11.7 Å². The van der Waals surface area contributed by atoms with E-state index in [1.54, 1.807) is 0 Å². The second-order valence-electron chi connectivity index (χ2n) is 15.5. The molecule has 0 radical (unpaired) electrons. The summed E-state index contributed by atoms with van der Waals surface area (Å²) in [6.07, 6.45) is 5.18. The molecule has 5 rings (SSSR count). The van der Waals surface area contributed by atoms with Crippen LogP contribution in [0.4, 0.5) is 5.69 Å². The summed E-state index contributed by atoms with van der Waals surface area (Å²) in [6, 6.07) is 8.28. The van der Waals surface area contributed by atoms with Gasteiger partial charge in [-0.1, -0.05) is 37.1 Å². The Labute approximate surface area is 349 Å². The maximum absolute atomic E-state index is 10.3. The van der Waals surface area contributed by atoms with Gasteiger partial charge in [-0.15, -0.1) is 0 Å². The fourth-order valence-electron chi connectivity index (χ4n) is 6.78. The van der Waals surface area contributed by atoms with Crippen molar-refractivity contribution in [3.05, 3.63) is 47.1 Å². The van der Waals surface area contributed by atoms with E-state index in [1.807, 2.05) is 30.5 Å². The van der Waals surface area contributed by atoms with Crippen LogP contribution in [0.2, 0.25) is 5.02 Å². The van der Waals surface area contributed by atoms with E-state index in [9.17, 15) is 28.8 Å². The number of ether oxygens (including phenoxy) is 1. The van der Waals surface area contributed by atoms with Gasteiger partial charge in [-0.05, 0) is 62.8 Å². The molecule has 2 heterocycles. The lowest BCUT2D eigenvalue weighted by atomic mass is 9.80. The van der Waals surface area contributed by atoms with Gasteiger partial charge in [0.1, 0.15) is 11.7 Å². The Morgan fingerprint density at radius 1 is 0.817 bits per heavy atom. The first-order valence-corrected chi connectivity index (χ1v) is 19.3. The smallest absolute Gasteiger partial charge is 0.336 e. The van der Waals surface area contributed by atoms with Crippen molar-refractivity contribution < 1.29 is 84.1 Å². The van der Waals surface area contributed by atoms with Crippen molar-refractivity contribution in [3.8, 4) is 0 Å². The maximum Gasteiger partial charge on any atom is 0.336 e. The Bertz CT molecular complexity index is 1830. The summed E-state index contributed by atoms with van der Waals surface area (Å²) in [7, 11) is 0. The first kappa shape index (κ1) is 49.4. The minimum absolute atomic E-state index is 0.0359. The van der Waals surface area contributed by atoms with Gasteiger partial charge < -0.3 is 56.2 Å². The molecule has 1 saturated heterocycles. The first-order valence-electron chi connectivity index (χ1n) is 19.0. The quantitative estimate of drug-likeness (QED) is 0.0655. The van der Waals surface area contributed by atoms with Crippen molar-refractivity contribution >= 4 is 64.0 Å². The molecule has 60 heavy (non-hydrogen) atoms. The molecule has 0 amide bonds. The number of hydrogen-bond acceptors (Lipinski definition) is 14. The van der Waals surface area contributed by atoms with Gasteiger partial charge in [0, 0.05) is 54.3 Å². The molecule has 21 heteroatoms. The van der Waals surface area contributed by atoms with Crippen molar-refractivity contribution in [1.82, 2.24) is 10.3 Å². The van der Waals surface area contributed by atoms with Crippen molar-refractivity contribution in [1.29, 1.82) is 0 Å². The Kier molecular flexibility index (Phi) is 17.3. The maximum atomic E-state index is 10.3. The van der Waals surface area contributed by atoms with E-state index < -0.39 is 78.5 Å². The van der Waals surface area contributed by atoms with Crippen molar-refractivity contribution in [2.75, 3.05) is 18.4 Å². The number of carboxylic acids is 6. The number of benzene rings is 1. The lowest BCUT2D eigenvalue weighted by Crippen LogP contribution is -2.59. The van der Waals surface area contributed by atoms with Crippen LogP contribution < -0.4 is 10.6 Å². The number of carbonyl (C=O) groups is 6. The molecular weight excluding hydrogens is 818 g/mol. The molecule has 2 aliphatic carbocycles. The Morgan fingerprint density at radius 3 is 1.83 bits per heavy atom. The van der Waals surface area contributed by atoms with Gasteiger partial charge in [-0.25, -0.2) is 19.4 Å². The first-order chi connectivity index (χ1) is 27.9. The number of allylic oxidation sites excluding steroid dienone is 1. The van der Waals surface area contributed by atoms with Crippen LogP contribution in [0.5, 0.6) is 0 Å². The number of nitrogens with one attached hydrogen (secondary N) is 2. The Morgan fingerprint density at radius 2 is 1.35 bits per heavy atom. The third-order valence-electron chi connectivity index (χ3n) is 10.2. The van der Waals surface area contributed by atoms with Crippen LogP contribution in [-0.4, -0.2) is 129 Å². The van der Waals surface area contributed by atoms with Gasteiger partial charge in [0.15, 0.2) is 11.2 Å². The van der Waals surface area contributed by atoms with Gasteiger partial charge in [0.05, 0.1) is 31.2 Å². The number of carboxylic acid groups (broad SMARTS) is 6. The number of aliphatic hydroxyl groups is 2. The molecule has 1 aliphatic heterocycles. The van der Waals surface area contributed by atoms with E-state index in [4.69, 9.17) is 67.0 Å². The number of halogens is 1. The molecule has 1 spiro atoms. The number of anilines is 1. The molecule has 2 aromatic rings. The number of nitrogens with zero attached hydrogens (tertiary/aromatic N) is 1. The predicted molar refractivity (Wildman–Crippen MR) is 210 cm³/mol. The van der Waals surface area contributed by atoms with Crippen molar-refractivity contribution in [2.45, 2.75) is 120 Å². The summed E-state index contributed by atoms with van der Waals surface area (Å²) >= 11 is 6.10. The molecule has 2 fully saturated rings. The SMILES string of the molecule is CC(C)C1=C[C@H]2OC3(CCC(NCCNc4ccnc5cc(Cl)ccc45)CC3)OO[C@@]2(C)CC1.O=C(O)CC(O)(CC(=O)O)C(=O)O.O=C(O)CC(O)(CC(=O)O)C(=O)O. The fourth-order valence-corrected chi connectivity index (χ4v) is 6.95. The van der Waals surface area contributed by atoms with Crippen LogP contribution in [0.25, 0.3) is 10.9 Å². The Balaban J connectivity index is 0.000000306. The summed E-state index contributed by atoms with van der Waals surface area (Å²) < 4.78 is 6.60. The molecule has 20 nitrogen and oxygen atoms in total. The van der Waals surface area contributed by atoms with Gasteiger partial charge in [-0.3, -0.25) is 24.2 Å². The second kappa shape index (κ2) is 21.0. The molecule has 2 atom stereocenters. The molecule has 1 aromatic heterocycles. The topological polar surface area (TPSA) is 329 Å². The highest BCUT2D eigenvalue weighted by Crippen LogP contribution is 2.46. The lowest BCUT2D eigenvalue weighted by molar-refractivity contribution is -0.527. The third-order valence-corrected chi connectivity index (χ3v) is 10.5. The van der Waals surface area contributed by atoms with Crippen LogP contribution in [-0.2, 0) is 43.3 Å². The third kappa shape index (κ3) is 14.1. The van der Waals surface area contributed by atoms with E-state index >= 15 is 0 Å². The molecule has 0 unspecified atom stereocenters. The Hall–Kier alpha value is -4.96. The van der Waals surface area contributed by atoms with Crippen LogP contribution in [0.3, 0.4) is 0 Å². The molecule has 1 aromatic carbocycles. The molecule has 10 N–H and O–H groups in total. The molecule has 332 valence electrons. The lowest BCUT2D eigenvalue weighted by Gasteiger charge is -2.51. The van der Waals surface area contributed by atoms with Crippen LogP contribution in [0.1, 0.15) is 85.0 Å². The monoisotopic (exact) mass is 869 g/mol. The molecular formula is C39H52ClN3O17. The standard InChI is InChI=1S/C27H36ClN3O3.2C6H8O7/c1-18(2)19-6-10-26(3)25(16-19)32-27(34-33-26)11-7-21(8-12-27)29-14-15-31-23-9-13-30-24-17-20(28)4-5-22(23)24;2*7-3(8)1-6(13,5(11)12)2-4(9)10/h4-5,9,13,16-18,21,25,29H,6-8,10-12,14-15H2,1-3H3,(H,30,31);2*13H,1-2H2,(H,7,8)(H,9,10)(H,11,12)/t21?,25-,26+,27?;;/m1../s1. The normalized spacial score (nSPS) is 22.6. The highest BCUT2D eigenvalue weighted by molar-refractivity contribution is 6.31. The van der Waals surface area contributed by atoms with Crippen molar-refractivity contribution in [2.24, 2.45) is 5.92 Å².